The molecule has 1 aliphatic rings. The van der Waals surface area contributed by atoms with Crippen LogP contribution >= 0.6 is 0 Å². The molecule has 54 heavy (non-hydrogen) atoms. The van der Waals surface area contributed by atoms with Crippen LogP contribution in [-0.2, 0) is 5.41 Å². The number of nitrogens with zero attached hydrogens (tertiary/aromatic N) is 3. The second-order valence-corrected chi connectivity index (χ2v) is 14.9. The Bertz CT molecular complexity index is 3180. The maximum atomic E-state index is 12.8. The highest BCUT2D eigenvalue weighted by atomic mass is 16.6. The van der Waals surface area contributed by atoms with Gasteiger partial charge < -0.3 is 9.30 Å². The van der Waals surface area contributed by atoms with E-state index in [1.54, 1.807) is 6.07 Å². The van der Waals surface area contributed by atoms with Crippen LogP contribution < -0.4 is 4.90 Å². The minimum absolute atomic E-state index is 0.0729. The maximum Gasteiger partial charge on any atom is 0.277 e. The lowest BCUT2D eigenvalue weighted by atomic mass is 9.82. The molecule has 5 nitrogen and oxygen atoms in total. The van der Waals surface area contributed by atoms with Gasteiger partial charge in [-0.2, -0.15) is 0 Å². The average molecular weight is 696 g/mol. The topological polar surface area (TPSA) is 50.8 Å². The minimum Gasteiger partial charge on any atom is -0.310 e. The molecular weight excluding hydrogens is 663 g/mol. The molecule has 0 saturated heterocycles. The van der Waals surface area contributed by atoms with Gasteiger partial charge >= 0.3 is 0 Å². The summed E-state index contributed by atoms with van der Waals surface area (Å²) < 4.78 is 2.37. The first-order chi connectivity index (χ1) is 26.4. The van der Waals surface area contributed by atoms with E-state index in [-0.39, 0.29) is 16.0 Å². The van der Waals surface area contributed by atoms with Crippen LogP contribution in [0.25, 0.3) is 71.1 Å². The summed E-state index contributed by atoms with van der Waals surface area (Å²) in [5, 5.41) is 19.7. The van der Waals surface area contributed by atoms with E-state index < -0.39 is 0 Å². The fourth-order valence-electron chi connectivity index (χ4n) is 9.43. The summed E-state index contributed by atoms with van der Waals surface area (Å²) >= 11 is 0. The molecule has 0 radical (unpaired) electrons. The Kier molecular flexibility index (Phi) is 6.25. The van der Waals surface area contributed by atoms with E-state index in [2.05, 4.69) is 138 Å². The lowest BCUT2D eigenvalue weighted by Crippen LogP contribution is -2.15. The molecule has 0 N–H and O–H groups in total. The second-order valence-electron chi connectivity index (χ2n) is 14.9. The number of rotatable bonds is 5. The molecule has 256 valence electrons. The average Bonchev–Trinajstić information content (AvgIpc) is 3.81. The Labute approximate surface area is 311 Å². The lowest BCUT2D eigenvalue weighted by Gasteiger charge is -2.27. The molecule has 0 spiro atoms. The Hall–Kier alpha value is -6.98. The molecule has 0 saturated carbocycles. The van der Waals surface area contributed by atoms with Crippen molar-refractivity contribution in [3.05, 3.63) is 185 Å². The summed E-state index contributed by atoms with van der Waals surface area (Å²) in [6.07, 6.45) is 0. The van der Waals surface area contributed by atoms with Crippen molar-refractivity contribution in [2.24, 2.45) is 0 Å². The Morgan fingerprint density at radius 1 is 0.500 bits per heavy atom. The van der Waals surface area contributed by atoms with Crippen LogP contribution in [0.3, 0.4) is 0 Å². The molecule has 0 bridgehead atoms. The smallest absolute Gasteiger partial charge is 0.277 e. The van der Waals surface area contributed by atoms with E-state index in [0.717, 1.165) is 44.3 Å². The third-order valence-corrected chi connectivity index (χ3v) is 11.8. The fourth-order valence-corrected chi connectivity index (χ4v) is 9.43. The largest absolute Gasteiger partial charge is 0.310 e. The first kappa shape index (κ1) is 30.6. The summed E-state index contributed by atoms with van der Waals surface area (Å²) in [5.41, 5.74) is 12.8. The molecule has 8 aromatic carbocycles. The van der Waals surface area contributed by atoms with E-state index in [4.69, 9.17) is 0 Å². The zero-order chi connectivity index (χ0) is 36.3. The highest BCUT2D eigenvalue weighted by Crippen LogP contribution is 2.51. The predicted octanol–water partition coefficient (Wildman–Crippen LogP) is 13.3. The van der Waals surface area contributed by atoms with Gasteiger partial charge in [-0.15, -0.1) is 0 Å². The van der Waals surface area contributed by atoms with Crippen LogP contribution in [0.5, 0.6) is 0 Å². The molecule has 2 heterocycles. The van der Waals surface area contributed by atoms with Crippen LogP contribution in [0.2, 0.25) is 0 Å². The summed E-state index contributed by atoms with van der Waals surface area (Å²) in [7, 11) is 0. The van der Waals surface area contributed by atoms with Gasteiger partial charge in [0.25, 0.3) is 5.69 Å². The number of benzene rings is 8. The van der Waals surface area contributed by atoms with Gasteiger partial charge in [0.1, 0.15) is 0 Å². The third-order valence-electron chi connectivity index (χ3n) is 11.8. The normalized spacial score (nSPS) is 13.3. The molecular formula is C49H33N3O2. The number of anilines is 3. The van der Waals surface area contributed by atoms with Crippen molar-refractivity contribution in [1.29, 1.82) is 0 Å². The van der Waals surface area contributed by atoms with Crippen LogP contribution in [0, 0.1) is 10.1 Å². The minimum atomic E-state index is -0.259. The standard InChI is InChI=1S/C49H33N3O2/c1-49(2)42-20-8-6-14-35(42)40-28-31(22-25-43(40)49)50(30-12-4-3-5-13-30)32-23-26-45(52(53)54)41(29-32)33-16-10-17-37-34(33)24-27-46-47(37)39-19-11-18-38-36-15-7-9-21-44(36)51(46)48(38)39/h3-29H,1-2H3. The second kappa shape index (κ2) is 11.0. The summed E-state index contributed by atoms with van der Waals surface area (Å²) in [5.74, 6) is 0. The van der Waals surface area contributed by atoms with Gasteiger partial charge in [-0.3, -0.25) is 10.1 Å². The molecule has 1 aliphatic carbocycles. The van der Waals surface area contributed by atoms with Crippen LogP contribution in [0.4, 0.5) is 22.7 Å². The van der Waals surface area contributed by atoms with Gasteiger partial charge in [0, 0.05) is 50.1 Å². The lowest BCUT2D eigenvalue weighted by molar-refractivity contribution is -0.384. The van der Waals surface area contributed by atoms with E-state index in [1.165, 1.54) is 49.4 Å². The van der Waals surface area contributed by atoms with E-state index >= 15 is 0 Å². The van der Waals surface area contributed by atoms with Gasteiger partial charge in [0.2, 0.25) is 0 Å². The van der Waals surface area contributed by atoms with E-state index in [9.17, 15) is 10.1 Å². The van der Waals surface area contributed by atoms with Crippen LogP contribution in [0.1, 0.15) is 25.0 Å². The molecule has 0 atom stereocenters. The van der Waals surface area contributed by atoms with Crippen molar-refractivity contribution < 1.29 is 4.92 Å². The summed E-state index contributed by atoms with van der Waals surface area (Å²) in [6, 6.07) is 56.8. The van der Waals surface area contributed by atoms with Crippen molar-refractivity contribution in [3.63, 3.8) is 0 Å². The zero-order valence-corrected chi connectivity index (χ0v) is 29.7. The van der Waals surface area contributed by atoms with Gasteiger partial charge in [-0.25, -0.2) is 0 Å². The third kappa shape index (κ3) is 4.09. The number of hydrogen-bond donors (Lipinski definition) is 0. The van der Waals surface area contributed by atoms with Crippen molar-refractivity contribution in [3.8, 4) is 22.3 Å². The SMILES string of the molecule is CC1(C)c2ccccc2-c2cc(N(c3ccccc3)c3ccc([N+](=O)[O-])c(-c4cccc5c4ccc4c5c5cccc6c7ccccc7n4c65)c3)ccc21. The zero-order valence-electron chi connectivity index (χ0n) is 29.7. The van der Waals surface area contributed by atoms with Crippen molar-refractivity contribution in [2.75, 3.05) is 4.90 Å². The molecule has 5 heteroatoms. The molecule has 10 aromatic rings. The van der Waals surface area contributed by atoms with Crippen molar-refractivity contribution >= 4 is 71.6 Å². The van der Waals surface area contributed by atoms with Crippen molar-refractivity contribution in [1.82, 2.24) is 4.40 Å². The number of nitro groups is 1. The van der Waals surface area contributed by atoms with Crippen LogP contribution in [-0.4, -0.2) is 9.32 Å². The maximum absolute atomic E-state index is 12.8. The molecule has 2 aromatic heterocycles. The molecule has 11 rings (SSSR count). The molecule has 0 amide bonds. The van der Waals surface area contributed by atoms with Crippen molar-refractivity contribution in [2.45, 2.75) is 19.3 Å². The highest BCUT2D eigenvalue weighted by Gasteiger charge is 2.35. The molecule has 0 fully saturated rings. The van der Waals surface area contributed by atoms with E-state index in [1.807, 2.05) is 42.5 Å². The number of aromatic nitrogens is 1. The number of nitro benzene ring substituents is 1. The predicted molar refractivity (Wildman–Crippen MR) is 223 cm³/mol. The first-order valence-corrected chi connectivity index (χ1v) is 18.4. The fraction of sp³-hybridized carbons (Fsp3) is 0.0612. The highest BCUT2D eigenvalue weighted by molar-refractivity contribution is 6.29. The Morgan fingerprint density at radius 2 is 1.15 bits per heavy atom. The summed E-state index contributed by atoms with van der Waals surface area (Å²) in [4.78, 5) is 14.8. The van der Waals surface area contributed by atoms with Crippen LogP contribution in [0.15, 0.2) is 164 Å². The van der Waals surface area contributed by atoms with Gasteiger partial charge in [0.15, 0.2) is 0 Å². The molecule has 0 aliphatic heterocycles. The monoisotopic (exact) mass is 695 g/mol. The Morgan fingerprint density at radius 3 is 2.00 bits per heavy atom. The quantitative estimate of drug-likeness (QED) is 0.133. The van der Waals surface area contributed by atoms with Gasteiger partial charge in [-0.1, -0.05) is 123 Å². The number of hydrogen-bond acceptors (Lipinski definition) is 3. The first-order valence-electron chi connectivity index (χ1n) is 18.4. The van der Waals surface area contributed by atoms with E-state index in [0.29, 0.717) is 5.56 Å². The Balaban J connectivity index is 1.14. The number of para-hydroxylation sites is 3. The summed E-state index contributed by atoms with van der Waals surface area (Å²) in [6.45, 7) is 4.57. The molecule has 0 unspecified atom stereocenters. The van der Waals surface area contributed by atoms with Gasteiger partial charge in [0.05, 0.1) is 27.0 Å². The van der Waals surface area contributed by atoms with Gasteiger partial charge in [-0.05, 0) is 87.1 Å². The number of fused-ring (bicyclic) bond motifs is 11.